The van der Waals surface area contributed by atoms with Crippen molar-refractivity contribution in [2.24, 2.45) is 11.8 Å². The molecule has 198 valence electrons. The fourth-order valence-corrected chi connectivity index (χ4v) is 5.56. The van der Waals surface area contributed by atoms with Gasteiger partial charge in [0.2, 0.25) is 0 Å². The molecule has 4 heteroatoms. The first-order valence-electron chi connectivity index (χ1n) is 13.7. The molecule has 3 aromatic rings. The third-order valence-corrected chi connectivity index (χ3v) is 7.89. The molecule has 0 unspecified atom stereocenters. The SMILES string of the molecule is C[C@@H]1CC[C@@H](C(C)(C)c2ccccc2)[C@H](OC(=O)/C(=C/CCc2ccccc2)NC(=O)c2ccccc2)C1. The van der Waals surface area contributed by atoms with Gasteiger partial charge in [0.05, 0.1) is 0 Å². The zero-order valence-electron chi connectivity index (χ0n) is 22.7. The number of hydrogen-bond acceptors (Lipinski definition) is 3. The second kappa shape index (κ2) is 12.7. The second-order valence-electron chi connectivity index (χ2n) is 11.0. The van der Waals surface area contributed by atoms with E-state index in [2.05, 4.69) is 62.5 Å². The summed E-state index contributed by atoms with van der Waals surface area (Å²) in [4.78, 5) is 26.6. The van der Waals surface area contributed by atoms with Gasteiger partial charge in [-0.1, -0.05) is 112 Å². The van der Waals surface area contributed by atoms with Crippen LogP contribution in [-0.4, -0.2) is 18.0 Å². The Labute approximate surface area is 227 Å². The minimum Gasteiger partial charge on any atom is -0.457 e. The molecule has 1 N–H and O–H groups in total. The van der Waals surface area contributed by atoms with E-state index in [-0.39, 0.29) is 29.0 Å². The number of benzene rings is 3. The van der Waals surface area contributed by atoms with Crippen LogP contribution in [0.15, 0.2) is 103 Å². The number of amides is 1. The van der Waals surface area contributed by atoms with Gasteiger partial charge in [0.1, 0.15) is 11.8 Å². The maximum absolute atomic E-state index is 13.6. The maximum Gasteiger partial charge on any atom is 0.354 e. The molecule has 1 saturated carbocycles. The van der Waals surface area contributed by atoms with Crippen molar-refractivity contribution in [1.82, 2.24) is 5.32 Å². The molecule has 1 aliphatic carbocycles. The van der Waals surface area contributed by atoms with E-state index in [9.17, 15) is 9.59 Å². The van der Waals surface area contributed by atoms with E-state index in [1.165, 1.54) is 11.1 Å². The van der Waals surface area contributed by atoms with Crippen molar-refractivity contribution in [2.45, 2.75) is 64.4 Å². The Balaban J connectivity index is 1.55. The molecule has 0 bridgehead atoms. The maximum atomic E-state index is 13.6. The molecular weight excluding hydrogens is 470 g/mol. The first-order valence-corrected chi connectivity index (χ1v) is 13.7. The van der Waals surface area contributed by atoms with Gasteiger partial charge in [0.15, 0.2) is 0 Å². The molecule has 1 amide bonds. The van der Waals surface area contributed by atoms with Crippen LogP contribution in [0.5, 0.6) is 0 Å². The zero-order chi connectivity index (χ0) is 27.0. The van der Waals surface area contributed by atoms with E-state index in [1.807, 2.05) is 42.5 Å². The minimum atomic E-state index is -0.463. The molecular formula is C34H39NO3. The molecule has 4 rings (SSSR count). The molecule has 1 aliphatic rings. The highest BCUT2D eigenvalue weighted by atomic mass is 16.5. The molecule has 0 radical (unpaired) electrons. The highest BCUT2D eigenvalue weighted by Gasteiger charge is 2.42. The van der Waals surface area contributed by atoms with E-state index < -0.39 is 5.97 Å². The van der Waals surface area contributed by atoms with Gasteiger partial charge in [-0.3, -0.25) is 4.79 Å². The Morgan fingerprint density at radius 1 is 0.895 bits per heavy atom. The Morgan fingerprint density at radius 2 is 1.50 bits per heavy atom. The van der Waals surface area contributed by atoms with Crippen LogP contribution in [0.25, 0.3) is 0 Å². The van der Waals surface area contributed by atoms with Crippen molar-refractivity contribution < 1.29 is 14.3 Å². The summed E-state index contributed by atoms with van der Waals surface area (Å²) < 4.78 is 6.26. The first-order chi connectivity index (χ1) is 18.3. The summed E-state index contributed by atoms with van der Waals surface area (Å²) in [7, 11) is 0. The van der Waals surface area contributed by atoms with Gasteiger partial charge in [-0.15, -0.1) is 0 Å². The number of allylic oxidation sites excluding steroid dienone is 1. The third-order valence-electron chi connectivity index (χ3n) is 7.89. The van der Waals surface area contributed by atoms with Crippen LogP contribution in [0.2, 0.25) is 0 Å². The summed E-state index contributed by atoms with van der Waals surface area (Å²) in [5.41, 5.74) is 2.98. The summed E-state index contributed by atoms with van der Waals surface area (Å²) in [6.07, 6.45) is 5.87. The molecule has 4 nitrogen and oxygen atoms in total. The van der Waals surface area contributed by atoms with Crippen LogP contribution in [-0.2, 0) is 21.4 Å². The highest BCUT2D eigenvalue weighted by Crippen LogP contribution is 2.43. The Morgan fingerprint density at radius 3 is 2.16 bits per heavy atom. The van der Waals surface area contributed by atoms with Crippen molar-refractivity contribution in [1.29, 1.82) is 0 Å². The number of ether oxygens (including phenoxy) is 1. The molecule has 1 fully saturated rings. The van der Waals surface area contributed by atoms with Crippen molar-refractivity contribution in [3.63, 3.8) is 0 Å². The van der Waals surface area contributed by atoms with E-state index in [0.29, 0.717) is 17.9 Å². The average molecular weight is 510 g/mol. The molecule has 0 spiro atoms. The van der Waals surface area contributed by atoms with Gasteiger partial charge in [0.25, 0.3) is 5.91 Å². The largest absolute Gasteiger partial charge is 0.457 e. The van der Waals surface area contributed by atoms with Gasteiger partial charge in [-0.25, -0.2) is 4.79 Å². The summed E-state index contributed by atoms with van der Waals surface area (Å²) >= 11 is 0. The number of esters is 1. The highest BCUT2D eigenvalue weighted by molar-refractivity contribution is 6.01. The van der Waals surface area contributed by atoms with Gasteiger partial charge in [-0.05, 0) is 60.3 Å². The van der Waals surface area contributed by atoms with Crippen molar-refractivity contribution in [3.8, 4) is 0 Å². The lowest BCUT2D eigenvalue weighted by molar-refractivity contribution is -0.152. The minimum absolute atomic E-state index is 0.156. The average Bonchev–Trinajstić information content (AvgIpc) is 2.94. The summed E-state index contributed by atoms with van der Waals surface area (Å²) in [6.45, 7) is 6.72. The van der Waals surface area contributed by atoms with Gasteiger partial charge >= 0.3 is 5.97 Å². The smallest absolute Gasteiger partial charge is 0.354 e. The topological polar surface area (TPSA) is 55.4 Å². The molecule has 0 saturated heterocycles. The monoisotopic (exact) mass is 509 g/mol. The number of carbonyl (C=O) groups excluding carboxylic acids is 2. The number of aryl methyl sites for hydroxylation is 1. The quantitative estimate of drug-likeness (QED) is 0.244. The summed E-state index contributed by atoms with van der Waals surface area (Å²) in [5, 5.41) is 2.85. The standard InChI is InChI=1S/C34H39NO3/c1-25-22-23-29(34(2,3)28-19-11-6-12-20-28)31(24-25)38-33(37)30(21-13-16-26-14-7-4-8-15-26)35-32(36)27-17-9-5-10-18-27/h4-12,14-15,17-21,25,29,31H,13,16,22-24H2,1-3H3,(H,35,36)/b30-21-/t25-,29-,31-/m1/s1. The fraction of sp³-hybridized carbons (Fsp3) is 0.353. The third kappa shape index (κ3) is 7.00. The van der Waals surface area contributed by atoms with Crippen LogP contribution in [0.1, 0.15) is 67.9 Å². The Hall–Kier alpha value is -3.66. The number of nitrogens with one attached hydrogen (secondary N) is 1. The van der Waals surface area contributed by atoms with Crippen molar-refractivity contribution in [3.05, 3.63) is 119 Å². The van der Waals surface area contributed by atoms with Crippen LogP contribution in [0.3, 0.4) is 0 Å². The number of hydrogen-bond donors (Lipinski definition) is 1. The van der Waals surface area contributed by atoms with Gasteiger partial charge in [-0.2, -0.15) is 0 Å². The van der Waals surface area contributed by atoms with Gasteiger partial charge < -0.3 is 10.1 Å². The van der Waals surface area contributed by atoms with Crippen LogP contribution in [0, 0.1) is 11.8 Å². The Kier molecular flexibility index (Phi) is 9.17. The van der Waals surface area contributed by atoms with Crippen molar-refractivity contribution in [2.75, 3.05) is 0 Å². The number of rotatable bonds is 9. The summed E-state index contributed by atoms with van der Waals surface area (Å²) in [6, 6.07) is 29.6. The number of carbonyl (C=O) groups is 2. The summed E-state index contributed by atoms with van der Waals surface area (Å²) in [5.74, 6) is -0.123. The molecule has 0 aromatic heterocycles. The van der Waals surface area contributed by atoms with E-state index in [1.54, 1.807) is 18.2 Å². The molecule has 3 atom stereocenters. The van der Waals surface area contributed by atoms with E-state index >= 15 is 0 Å². The lowest BCUT2D eigenvalue weighted by atomic mass is 9.64. The second-order valence-corrected chi connectivity index (χ2v) is 11.0. The Bertz CT molecular complexity index is 1220. The fourth-order valence-electron chi connectivity index (χ4n) is 5.56. The van der Waals surface area contributed by atoms with Gasteiger partial charge in [0, 0.05) is 11.5 Å². The van der Waals surface area contributed by atoms with E-state index in [0.717, 1.165) is 25.7 Å². The van der Waals surface area contributed by atoms with Crippen molar-refractivity contribution >= 4 is 11.9 Å². The molecule has 38 heavy (non-hydrogen) atoms. The lowest BCUT2D eigenvalue weighted by Crippen LogP contribution is -2.44. The normalized spacial score (nSPS) is 20.0. The van der Waals surface area contributed by atoms with E-state index in [4.69, 9.17) is 4.74 Å². The van der Waals surface area contributed by atoms with Crippen LogP contribution >= 0.6 is 0 Å². The molecule has 3 aromatic carbocycles. The van der Waals surface area contributed by atoms with Crippen LogP contribution in [0.4, 0.5) is 0 Å². The predicted octanol–water partition coefficient (Wildman–Crippen LogP) is 7.26. The molecule has 0 aliphatic heterocycles. The lowest BCUT2D eigenvalue weighted by Gasteiger charge is -2.44. The first kappa shape index (κ1) is 27.4. The molecule has 0 heterocycles. The predicted molar refractivity (Wildman–Crippen MR) is 153 cm³/mol. The zero-order valence-corrected chi connectivity index (χ0v) is 22.7. The van der Waals surface area contributed by atoms with Crippen LogP contribution < -0.4 is 5.32 Å².